The highest BCUT2D eigenvalue weighted by Crippen LogP contribution is 2.30. The summed E-state index contributed by atoms with van der Waals surface area (Å²) in [6.45, 7) is 4.89. The van der Waals surface area contributed by atoms with Crippen LogP contribution in [0.1, 0.15) is 34.6 Å². The van der Waals surface area contributed by atoms with Crippen LogP contribution in [0.4, 0.5) is 0 Å². The summed E-state index contributed by atoms with van der Waals surface area (Å²) in [5.41, 5.74) is 2.41. The average molecular weight is 455 g/mol. The van der Waals surface area contributed by atoms with Gasteiger partial charge in [-0.15, -0.1) is 0 Å². The molecule has 0 fully saturated rings. The van der Waals surface area contributed by atoms with Crippen molar-refractivity contribution in [2.24, 2.45) is 5.92 Å². The molecule has 178 valence electrons. The minimum Gasteiger partial charge on any atom is -0.472 e. The van der Waals surface area contributed by atoms with Gasteiger partial charge in [-0.3, -0.25) is 9.59 Å². The number of benzene rings is 1. The normalized spacial score (nSPS) is 19.4. The van der Waals surface area contributed by atoms with E-state index in [1.807, 2.05) is 45.0 Å². The first-order valence-electron chi connectivity index (χ1n) is 11.2. The van der Waals surface area contributed by atoms with Gasteiger partial charge in [-0.2, -0.15) is 0 Å². The van der Waals surface area contributed by atoms with Gasteiger partial charge in [0, 0.05) is 50.4 Å². The Morgan fingerprint density at radius 2 is 1.97 bits per heavy atom. The first-order valence-corrected chi connectivity index (χ1v) is 11.2. The minimum absolute atomic E-state index is 0.0497. The van der Waals surface area contributed by atoms with E-state index in [1.165, 1.54) is 4.90 Å². The van der Waals surface area contributed by atoms with Crippen molar-refractivity contribution in [3.63, 3.8) is 0 Å². The predicted octanol–water partition coefficient (Wildman–Crippen LogP) is 2.23. The van der Waals surface area contributed by atoms with Crippen molar-refractivity contribution in [3.8, 4) is 17.0 Å². The summed E-state index contributed by atoms with van der Waals surface area (Å²) in [6.07, 6.45) is 1.50. The van der Waals surface area contributed by atoms with Gasteiger partial charge < -0.3 is 24.5 Å². The number of hydrogen-bond donors (Lipinski definition) is 1. The number of aliphatic hydroxyl groups excluding tert-OH is 1. The number of hydrogen-bond acceptors (Lipinski definition) is 6. The van der Waals surface area contributed by atoms with Crippen molar-refractivity contribution < 1.29 is 19.4 Å². The van der Waals surface area contributed by atoms with E-state index in [9.17, 15) is 14.7 Å². The number of carbonyl (C=O) groups excluding carboxylic acids is 2. The molecule has 1 aliphatic rings. The van der Waals surface area contributed by atoms with Crippen molar-refractivity contribution >= 4 is 11.8 Å². The zero-order valence-electron chi connectivity index (χ0n) is 20.3. The van der Waals surface area contributed by atoms with Gasteiger partial charge >= 0.3 is 0 Å². The quantitative estimate of drug-likeness (QED) is 0.721. The fraction of sp³-hybridized carbons (Fsp3) is 0.480. The molecule has 1 aliphatic heterocycles. The summed E-state index contributed by atoms with van der Waals surface area (Å²) in [6, 6.07) is 8.69. The molecule has 0 radical (unpaired) electrons. The van der Waals surface area contributed by atoms with Crippen LogP contribution in [0.3, 0.4) is 0 Å². The maximum Gasteiger partial charge on any atom is 0.259 e. The second-order valence-corrected chi connectivity index (χ2v) is 9.24. The Hall–Kier alpha value is -2.97. The molecule has 1 N–H and O–H groups in total. The van der Waals surface area contributed by atoms with Crippen molar-refractivity contribution in [3.05, 3.63) is 47.7 Å². The third-order valence-electron chi connectivity index (χ3n) is 5.92. The highest BCUT2D eigenvalue weighted by molar-refractivity contribution is 5.98. The SMILES string of the molecule is C[C@H](CO)N1C[C@H](C)[C@@H](CN(C)C)Oc2ncc(-c3cccc(C(=O)N(C)C)c3)cc2C1=O. The second kappa shape index (κ2) is 10.3. The van der Waals surface area contributed by atoms with Gasteiger partial charge in [0.15, 0.2) is 0 Å². The standard InChI is InChI=1S/C25H34N4O4/c1-16-13-29(17(2)15-30)25(32)21-11-20(12-26-23(21)33-22(16)14-27(3)4)18-8-7-9-19(10-18)24(31)28(5)6/h7-12,16-17,22,30H,13-15H2,1-6H3/t16-,17+,22+/m0/s1. The fourth-order valence-corrected chi connectivity index (χ4v) is 3.93. The van der Waals surface area contributed by atoms with Crippen molar-refractivity contribution in [1.29, 1.82) is 0 Å². The molecule has 0 spiro atoms. The Morgan fingerprint density at radius 1 is 1.24 bits per heavy atom. The minimum atomic E-state index is -0.337. The van der Waals surface area contributed by atoms with Crippen molar-refractivity contribution in [1.82, 2.24) is 19.7 Å². The highest BCUT2D eigenvalue weighted by Gasteiger charge is 2.34. The van der Waals surface area contributed by atoms with Crippen LogP contribution in [0.2, 0.25) is 0 Å². The van der Waals surface area contributed by atoms with E-state index in [1.54, 1.807) is 43.4 Å². The van der Waals surface area contributed by atoms with E-state index >= 15 is 0 Å². The fourth-order valence-electron chi connectivity index (χ4n) is 3.93. The first-order chi connectivity index (χ1) is 15.6. The molecule has 3 atom stereocenters. The van der Waals surface area contributed by atoms with E-state index in [0.717, 1.165) is 5.56 Å². The van der Waals surface area contributed by atoms with Crippen LogP contribution < -0.4 is 4.74 Å². The molecule has 0 saturated carbocycles. The number of fused-ring (bicyclic) bond motifs is 1. The zero-order chi connectivity index (χ0) is 24.3. The summed E-state index contributed by atoms with van der Waals surface area (Å²) in [5.74, 6) is 0.0158. The van der Waals surface area contributed by atoms with E-state index < -0.39 is 0 Å². The maximum atomic E-state index is 13.5. The number of aromatic nitrogens is 1. The lowest BCUT2D eigenvalue weighted by Crippen LogP contribution is -2.49. The third-order valence-corrected chi connectivity index (χ3v) is 5.92. The van der Waals surface area contributed by atoms with E-state index in [4.69, 9.17) is 4.74 Å². The number of aliphatic hydroxyl groups is 1. The summed E-state index contributed by atoms with van der Waals surface area (Å²) in [7, 11) is 7.38. The summed E-state index contributed by atoms with van der Waals surface area (Å²) >= 11 is 0. The molecule has 8 nitrogen and oxygen atoms in total. The lowest BCUT2D eigenvalue weighted by Gasteiger charge is -2.37. The monoisotopic (exact) mass is 454 g/mol. The first kappa shape index (κ1) is 24.7. The number of rotatable bonds is 6. The molecule has 0 aliphatic carbocycles. The van der Waals surface area contributed by atoms with E-state index in [-0.39, 0.29) is 42.4 Å². The lowest BCUT2D eigenvalue weighted by atomic mass is 9.98. The molecule has 0 bridgehead atoms. The van der Waals surface area contributed by atoms with E-state index in [0.29, 0.717) is 29.8 Å². The second-order valence-electron chi connectivity index (χ2n) is 9.24. The Bertz CT molecular complexity index is 1010. The summed E-state index contributed by atoms with van der Waals surface area (Å²) in [4.78, 5) is 35.7. The number of amides is 2. The Balaban J connectivity index is 2.07. The molecule has 1 aromatic carbocycles. The molecule has 1 aromatic heterocycles. The van der Waals surface area contributed by atoms with Gasteiger partial charge in [-0.1, -0.05) is 19.1 Å². The molecule has 2 heterocycles. The van der Waals surface area contributed by atoms with Gasteiger partial charge in [0.1, 0.15) is 11.7 Å². The van der Waals surface area contributed by atoms with Crippen LogP contribution in [-0.4, -0.2) is 96.6 Å². The maximum absolute atomic E-state index is 13.5. The molecule has 33 heavy (non-hydrogen) atoms. The van der Waals surface area contributed by atoms with Crippen LogP contribution in [0.25, 0.3) is 11.1 Å². The number of nitrogens with zero attached hydrogens (tertiary/aromatic N) is 4. The Morgan fingerprint density at radius 3 is 2.61 bits per heavy atom. The van der Waals surface area contributed by atoms with Crippen LogP contribution in [0, 0.1) is 5.92 Å². The van der Waals surface area contributed by atoms with E-state index in [2.05, 4.69) is 4.98 Å². The van der Waals surface area contributed by atoms with Gasteiger partial charge in [0.2, 0.25) is 5.88 Å². The summed E-state index contributed by atoms with van der Waals surface area (Å²) < 4.78 is 6.25. The predicted molar refractivity (Wildman–Crippen MR) is 127 cm³/mol. The van der Waals surface area contributed by atoms with Gasteiger partial charge in [0.05, 0.1) is 12.6 Å². The van der Waals surface area contributed by atoms with Crippen LogP contribution >= 0.6 is 0 Å². The van der Waals surface area contributed by atoms with Crippen molar-refractivity contribution in [2.45, 2.75) is 26.0 Å². The average Bonchev–Trinajstić information content (AvgIpc) is 2.79. The molecular weight excluding hydrogens is 420 g/mol. The molecule has 2 aromatic rings. The number of pyridine rings is 1. The third kappa shape index (κ3) is 5.51. The van der Waals surface area contributed by atoms with Crippen LogP contribution in [0.15, 0.2) is 36.5 Å². The topological polar surface area (TPSA) is 86.2 Å². The summed E-state index contributed by atoms with van der Waals surface area (Å²) in [5, 5.41) is 9.79. The van der Waals surface area contributed by atoms with Crippen LogP contribution in [-0.2, 0) is 0 Å². The molecule has 0 saturated heterocycles. The van der Waals surface area contributed by atoms with Gasteiger partial charge in [-0.05, 0) is 44.8 Å². The number of ether oxygens (including phenoxy) is 1. The van der Waals surface area contributed by atoms with Gasteiger partial charge in [0.25, 0.3) is 11.8 Å². The molecule has 2 amide bonds. The number of likely N-dealkylation sites (N-methyl/N-ethyl adjacent to an activating group) is 1. The zero-order valence-corrected chi connectivity index (χ0v) is 20.3. The number of carbonyl (C=O) groups is 2. The molecule has 8 heteroatoms. The molecular formula is C25H34N4O4. The Labute approximate surface area is 195 Å². The largest absolute Gasteiger partial charge is 0.472 e. The van der Waals surface area contributed by atoms with Crippen molar-refractivity contribution in [2.75, 3.05) is 47.9 Å². The smallest absolute Gasteiger partial charge is 0.259 e. The molecule has 3 rings (SSSR count). The highest BCUT2D eigenvalue weighted by atomic mass is 16.5. The molecule has 0 unspecified atom stereocenters. The lowest BCUT2D eigenvalue weighted by molar-refractivity contribution is 0.0348. The van der Waals surface area contributed by atoms with Gasteiger partial charge in [-0.25, -0.2) is 4.98 Å². The Kier molecular flexibility index (Phi) is 7.71. The van der Waals surface area contributed by atoms with Crippen LogP contribution in [0.5, 0.6) is 5.88 Å².